The van der Waals surface area contributed by atoms with E-state index in [0.717, 1.165) is 57.8 Å². The van der Waals surface area contributed by atoms with Gasteiger partial charge in [-0.1, -0.05) is 139 Å². The zero-order valence-electron chi connectivity index (χ0n) is 35.3. The smallest absolute Gasteiger partial charge is 0.462 e. The summed E-state index contributed by atoms with van der Waals surface area (Å²) in [4.78, 5) is 37.0. The molecule has 0 rings (SSSR count). The number of carbonyl (C=O) groups is 2. The molecule has 0 aliphatic heterocycles. The molecule has 0 aliphatic rings. The fraction of sp³-hybridized carbons (Fsp3) is 0.733. The second kappa shape index (κ2) is 39.9. The summed E-state index contributed by atoms with van der Waals surface area (Å²) in [6.45, 7) is 4.20. The number of hydrogen-bond acceptors (Lipinski definition) is 8. The second-order valence-corrected chi connectivity index (χ2v) is 16.0. The van der Waals surface area contributed by atoms with Crippen molar-refractivity contribution in [1.29, 1.82) is 0 Å². The van der Waals surface area contributed by atoms with Gasteiger partial charge >= 0.3 is 19.8 Å². The molecule has 0 amide bonds. The predicted octanol–water partition coefficient (Wildman–Crippen LogP) is 12.3. The van der Waals surface area contributed by atoms with E-state index < -0.39 is 32.5 Å². The van der Waals surface area contributed by atoms with Crippen molar-refractivity contribution in [2.75, 3.05) is 40.5 Å². The minimum Gasteiger partial charge on any atom is -0.462 e. The summed E-state index contributed by atoms with van der Waals surface area (Å²) in [7, 11) is -0.748. The first-order valence-corrected chi connectivity index (χ1v) is 23.1. The van der Waals surface area contributed by atoms with Crippen molar-refractivity contribution in [2.24, 2.45) is 0 Å². The van der Waals surface area contributed by atoms with Gasteiger partial charge in [-0.15, -0.1) is 0 Å². The summed E-state index contributed by atoms with van der Waals surface area (Å²) in [5.74, 6) is -0.882. The standard InChI is InChI=1S/C45H80NO8P/c1-5-7-9-11-13-15-17-19-21-22-24-26-28-30-32-34-36-38-45(48)54-43(42-53-55(49,50)52-40-39-46(3)4)41-51-44(47)37-35-33-31-29-27-25-23-20-18-16-14-12-10-8-6-2/h13,15,19-21,23-24,26,30,32,43H,5-12,14,16-18,22,25,27-29,31,33-42H2,1-4H3,(H,49,50)/b15-13-,21-19-,23-20-,26-24-,32-30-. The fourth-order valence-corrected chi connectivity index (χ4v) is 6.18. The molecule has 0 radical (unpaired) electrons. The summed E-state index contributed by atoms with van der Waals surface area (Å²) < 4.78 is 33.4. The number of rotatable bonds is 39. The lowest BCUT2D eigenvalue weighted by Gasteiger charge is -2.20. The van der Waals surface area contributed by atoms with Crippen LogP contribution in [-0.4, -0.2) is 68.3 Å². The molecule has 0 saturated heterocycles. The van der Waals surface area contributed by atoms with Gasteiger partial charge in [-0.25, -0.2) is 4.57 Å². The molecule has 0 saturated carbocycles. The molecule has 318 valence electrons. The minimum absolute atomic E-state index is 0.00629. The van der Waals surface area contributed by atoms with Crippen LogP contribution >= 0.6 is 7.82 Å². The molecule has 2 atom stereocenters. The Kier molecular flexibility index (Phi) is 38.3. The predicted molar refractivity (Wildman–Crippen MR) is 229 cm³/mol. The third kappa shape index (κ3) is 41.2. The summed E-state index contributed by atoms with van der Waals surface area (Å²) in [6, 6.07) is 0. The van der Waals surface area contributed by atoms with E-state index >= 15 is 0 Å². The first-order valence-electron chi connectivity index (χ1n) is 21.6. The second-order valence-electron chi connectivity index (χ2n) is 14.5. The zero-order chi connectivity index (χ0) is 40.5. The first-order chi connectivity index (χ1) is 26.7. The Morgan fingerprint density at radius 2 is 1.00 bits per heavy atom. The van der Waals surface area contributed by atoms with Crippen LogP contribution in [0.5, 0.6) is 0 Å². The van der Waals surface area contributed by atoms with Gasteiger partial charge in [0.15, 0.2) is 6.10 Å². The number of phosphoric ester groups is 1. The van der Waals surface area contributed by atoms with E-state index in [-0.39, 0.29) is 26.1 Å². The third-order valence-electron chi connectivity index (χ3n) is 8.80. The molecular formula is C45H80NO8P. The topological polar surface area (TPSA) is 112 Å². The van der Waals surface area contributed by atoms with Crippen molar-refractivity contribution in [3.05, 3.63) is 60.8 Å². The first kappa shape index (κ1) is 52.7. The number of carbonyl (C=O) groups excluding carboxylic acids is 2. The lowest BCUT2D eigenvalue weighted by atomic mass is 10.1. The number of esters is 2. The number of unbranched alkanes of at least 4 members (excludes halogenated alkanes) is 15. The Morgan fingerprint density at radius 1 is 0.564 bits per heavy atom. The van der Waals surface area contributed by atoms with Crippen molar-refractivity contribution >= 4 is 19.8 Å². The Labute approximate surface area is 336 Å². The normalized spacial score (nSPS) is 14.0. The summed E-state index contributed by atoms with van der Waals surface area (Å²) in [5, 5.41) is 0. The van der Waals surface area contributed by atoms with Gasteiger partial charge in [-0.05, 0) is 91.1 Å². The summed E-state index contributed by atoms with van der Waals surface area (Å²) in [5.41, 5.74) is 0. The van der Waals surface area contributed by atoms with E-state index in [1.165, 1.54) is 70.6 Å². The van der Waals surface area contributed by atoms with Crippen LogP contribution in [0.4, 0.5) is 0 Å². The lowest BCUT2D eigenvalue weighted by molar-refractivity contribution is -0.161. The van der Waals surface area contributed by atoms with Crippen molar-refractivity contribution in [3.8, 4) is 0 Å². The van der Waals surface area contributed by atoms with Crippen LogP contribution in [0.2, 0.25) is 0 Å². The van der Waals surface area contributed by atoms with Crippen LogP contribution in [0.15, 0.2) is 60.8 Å². The van der Waals surface area contributed by atoms with E-state index in [1.54, 1.807) is 4.90 Å². The molecule has 0 aromatic rings. The Morgan fingerprint density at radius 3 is 1.56 bits per heavy atom. The largest absolute Gasteiger partial charge is 0.472 e. The molecule has 9 nitrogen and oxygen atoms in total. The van der Waals surface area contributed by atoms with Crippen molar-refractivity contribution < 1.29 is 37.6 Å². The highest BCUT2D eigenvalue weighted by Crippen LogP contribution is 2.43. The van der Waals surface area contributed by atoms with Gasteiger partial charge in [0.1, 0.15) is 6.61 Å². The average molecular weight is 794 g/mol. The van der Waals surface area contributed by atoms with E-state index in [0.29, 0.717) is 19.4 Å². The molecule has 2 unspecified atom stereocenters. The highest BCUT2D eigenvalue weighted by atomic mass is 31.2. The number of allylic oxidation sites excluding steroid dienone is 10. The molecule has 1 N–H and O–H groups in total. The SMILES string of the molecule is CCCCC/C=C\C/C=C\C/C=C\C/C=C\CCCC(=O)OC(COC(=O)CCCCCCC/C=C\CCCCCCCC)COP(=O)(O)OCCN(C)C. The highest BCUT2D eigenvalue weighted by Gasteiger charge is 2.26. The maximum atomic E-state index is 12.6. The Bertz CT molecular complexity index is 1100. The van der Waals surface area contributed by atoms with Crippen LogP contribution < -0.4 is 0 Å². The van der Waals surface area contributed by atoms with Crippen molar-refractivity contribution in [3.63, 3.8) is 0 Å². The number of phosphoric acid groups is 1. The highest BCUT2D eigenvalue weighted by molar-refractivity contribution is 7.47. The molecule has 0 aromatic carbocycles. The van der Waals surface area contributed by atoms with Gasteiger partial charge < -0.3 is 19.3 Å². The van der Waals surface area contributed by atoms with Gasteiger partial charge in [0, 0.05) is 19.4 Å². The van der Waals surface area contributed by atoms with E-state index in [9.17, 15) is 19.0 Å². The molecule has 10 heteroatoms. The quantitative estimate of drug-likeness (QED) is 0.0281. The lowest BCUT2D eigenvalue weighted by Crippen LogP contribution is -2.29. The molecule has 0 aliphatic carbocycles. The fourth-order valence-electron chi connectivity index (χ4n) is 5.44. The maximum absolute atomic E-state index is 12.6. The van der Waals surface area contributed by atoms with Gasteiger partial charge in [0.05, 0.1) is 13.2 Å². The monoisotopic (exact) mass is 794 g/mol. The van der Waals surface area contributed by atoms with E-state index in [1.807, 2.05) is 20.2 Å². The van der Waals surface area contributed by atoms with Crippen LogP contribution in [0.3, 0.4) is 0 Å². The molecule has 55 heavy (non-hydrogen) atoms. The molecule has 0 aromatic heterocycles. The number of likely N-dealkylation sites (N-methyl/N-ethyl adjacent to an activating group) is 1. The molecule has 0 heterocycles. The molecular weight excluding hydrogens is 713 g/mol. The summed E-state index contributed by atoms with van der Waals surface area (Å²) in [6.07, 6.45) is 45.6. The van der Waals surface area contributed by atoms with E-state index in [4.69, 9.17) is 18.5 Å². The number of ether oxygens (including phenoxy) is 2. The van der Waals surface area contributed by atoms with Crippen LogP contribution in [0.25, 0.3) is 0 Å². The van der Waals surface area contributed by atoms with Crippen LogP contribution in [0, 0.1) is 0 Å². The van der Waals surface area contributed by atoms with E-state index in [2.05, 4.69) is 68.5 Å². The number of nitrogens with zero attached hydrogens (tertiary/aromatic N) is 1. The average Bonchev–Trinajstić information content (AvgIpc) is 3.15. The number of hydrogen-bond donors (Lipinski definition) is 1. The maximum Gasteiger partial charge on any atom is 0.472 e. The van der Waals surface area contributed by atoms with Crippen LogP contribution in [-0.2, 0) is 32.7 Å². The summed E-state index contributed by atoms with van der Waals surface area (Å²) >= 11 is 0. The van der Waals surface area contributed by atoms with Gasteiger partial charge in [-0.3, -0.25) is 18.6 Å². The molecule has 0 bridgehead atoms. The van der Waals surface area contributed by atoms with Gasteiger partial charge in [0.25, 0.3) is 0 Å². The molecule has 0 spiro atoms. The Hall–Kier alpha value is -2.29. The van der Waals surface area contributed by atoms with Crippen LogP contribution in [0.1, 0.15) is 168 Å². The van der Waals surface area contributed by atoms with Crippen molar-refractivity contribution in [2.45, 2.75) is 174 Å². The molecule has 0 fully saturated rings. The minimum atomic E-state index is -4.38. The third-order valence-corrected chi connectivity index (χ3v) is 9.78. The Balaban J connectivity index is 4.42. The van der Waals surface area contributed by atoms with Gasteiger partial charge in [0.2, 0.25) is 0 Å². The van der Waals surface area contributed by atoms with Crippen molar-refractivity contribution in [1.82, 2.24) is 4.90 Å². The van der Waals surface area contributed by atoms with Gasteiger partial charge in [-0.2, -0.15) is 0 Å². The zero-order valence-corrected chi connectivity index (χ0v) is 36.2.